The number of imidazole rings is 1. The first-order chi connectivity index (χ1) is 16.9. The maximum atomic E-state index is 12.3. The highest BCUT2D eigenvalue weighted by Crippen LogP contribution is 2.32. The zero-order chi connectivity index (χ0) is 24.9. The zero-order valence-corrected chi connectivity index (χ0v) is 20.2. The summed E-state index contributed by atoms with van der Waals surface area (Å²) in [5.74, 6) is 0.342. The van der Waals surface area contributed by atoms with Gasteiger partial charge in [0.15, 0.2) is 5.65 Å². The number of aromatic nitrogens is 4. The summed E-state index contributed by atoms with van der Waals surface area (Å²) in [4.78, 5) is 28.7. The Morgan fingerprint density at radius 2 is 1.97 bits per heavy atom. The van der Waals surface area contributed by atoms with Crippen LogP contribution in [0.15, 0.2) is 48.9 Å². The van der Waals surface area contributed by atoms with Gasteiger partial charge >= 0.3 is 0 Å². The summed E-state index contributed by atoms with van der Waals surface area (Å²) in [6.07, 6.45) is 5.62. The molecule has 0 aliphatic heterocycles. The van der Waals surface area contributed by atoms with Crippen LogP contribution in [0.25, 0.3) is 22.6 Å². The molecule has 6 N–H and O–H groups in total. The number of H-pyrrole nitrogens is 1. The number of hydrogen-bond acceptors (Lipinski definition) is 7. The molecule has 0 aliphatic rings. The number of pyridine rings is 2. The van der Waals surface area contributed by atoms with Gasteiger partial charge in [-0.25, -0.2) is 9.97 Å². The van der Waals surface area contributed by atoms with Gasteiger partial charge in [-0.2, -0.15) is 0 Å². The minimum Gasteiger partial charge on any atom is -0.395 e. The van der Waals surface area contributed by atoms with E-state index < -0.39 is 5.91 Å². The first-order valence-electron chi connectivity index (χ1n) is 11.7. The van der Waals surface area contributed by atoms with Crippen molar-refractivity contribution in [3.8, 4) is 11.4 Å². The van der Waals surface area contributed by atoms with Crippen molar-refractivity contribution >= 4 is 28.4 Å². The van der Waals surface area contributed by atoms with Crippen molar-refractivity contribution in [1.82, 2.24) is 25.3 Å². The number of rotatable bonds is 10. The molecule has 3 aromatic heterocycles. The van der Waals surface area contributed by atoms with E-state index in [0.717, 1.165) is 28.8 Å². The van der Waals surface area contributed by atoms with Crippen molar-refractivity contribution in [2.24, 2.45) is 11.7 Å². The van der Waals surface area contributed by atoms with E-state index in [0.29, 0.717) is 35.1 Å². The minimum absolute atomic E-state index is 0.00766. The molecule has 35 heavy (non-hydrogen) atoms. The van der Waals surface area contributed by atoms with E-state index in [2.05, 4.69) is 52.4 Å². The lowest BCUT2D eigenvalue weighted by atomic mass is 10.0. The number of carbonyl (C=O) groups excluding carboxylic acids is 1. The Hall–Kier alpha value is -3.82. The van der Waals surface area contributed by atoms with Gasteiger partial charge in [-0.15, -0.1) is 0 Å². The van der Waals surface area contributed by atoms with Gasteiger partial charge in [-0.3, -0.25) is 9.78 Å². The molecule has 0 saturated heterocycles. The predicted molar refractivity (Wildman–Crippen MR) is 137 cm³/mol. The molecule has 0 bridgehead atoms. The van der Waals surface area contributed by atoms with Crippen LogP contribution in [0.2, 0.25) is 0 Å². The number of anilines is 2. The summed E-state index contributed by atoms with van der Waals surface area (Å²) in [5.41, 5.74) is 11.5. The Labute approximate surface area is 204 Å². The number of hydrogen-bond donors (Lipinski definition) is 5. The number of fused-ring (bicyclic) bond motifs is 1. The highest BCUT2D eigenvalue weighted by Gasteiger charge is 2.19. The van der Waals surface area contributed by atoms with Gasteiger partial charge in [0.05, 0.1) is 17.9 Å². The van der Waals surface area contributed by atoms with Crippen LogP contribution < -0.4 is 16.4 Å². The zero-order valence-electron chi connectivity index (χ0n) is 20.2. The van der Waals surface area contributed by atoms with Crippen molar-refractivity contribution in [3.63, 3.8) is 0 Å². The van der Waals surface area contributed by atoms with Gasteiger partial charge in [-0.1, -0.05) is 32.9 Å². The van der Waals surface area contributed by atoms with E-state index in [-0.39, 0.29) is 18.2 Å². The molecule has 0 radical (unpaired) electrons. The molecular weight excluding hydrogens is 442 g/mol. The molecule has 9 nitrogen and oxygen atoms in total. The van der Waals surface area contributed by atoms with E-state index in [1.165, 1.54) is 6.20 Å². The van der Waals surface area contributed by atoms with Gasteiger partial charge in [0, 0.05) is 42.4 Å². The molecule has 1 atom stereocenters. The van der Waals surface area contributed by atoms with E-state index in [1.807, 2.05) is 24.3 Å². The largest absolute Gasteiger partial charge is 0.395 e. The fraction of sp³-hybridized carbons (Fsp3) is 0.308. The molecule has 1 unspecified atom stereocenters. The summed E-state index contributed by atoms with van der Waals surface area (Å²) in [5, 5.41) is 16.6. The lowest BCUT2D eigenvalue weighted by Gasteiger charge is -2.22. The number of amides is 1. The fourth-order valence-corrected chi connectivity index (χ4v) is 4.13. The average Bonchev–Trinajstić information content (AvgIpc) is 3.30. The fourth-order valence-electron chi connectivity index (χ4n) is 4.13. The second kappa shape index (κ2) is 10.6. The lowest BCUT2D eigenvalue weighted by molar-refractivity contribution is 0.100. The highest BCUT2D eigenvalue weighted by atomic mass is 16.3. The third kappa shape index (κ3) is 5.16. The molecule has 182 valence electrons. The summed E-state index contributed by atoms with van der Waals surface area (Å²) < 4.78 is 0. The summed E-state index contributed by atoms with van der Waals surface area (Å²) in [7, 11) is 0. The average molecular weight is 474 g/mol. The van der Waals surface area contributed by atoms with Crippen LogP contribution in [0.5, 0.6) is 0 Å². The maximum Gasteiger partial charge on any atom is 0.252 e. The number of nitrogens with zero attached hydrogens (tertiary/aromatic N) is 3. The van der Waals surface area contributed by atoms with Crippen LogP contribution in [-0.2, 0) is 13.0 Å². The van der Waals surface area contributed by atoms with Gasteiger partial charge in [0.1, 0.15) is 11.3 Å². The first-order valence-corrected chi connectivity index (χ1v) is 11.7. The van der Waals surface area contributed by atoms with Gasteiger partial charge < -0.3 is 26.5 Å². The third-order valence-corrected chi connectivity index (χ3v) is 6.18. The van der Waals surface area contributed by atoms with Crippen LogP contribution in [0.1, 0.15) is 42.3 Å². The van der Waals surface area contributed by atoms with Crippen molar-refractivity contribution < 1.29 is 9.90 Å². The van der Waals surface area contributed by atoms with Crippen LogP contribution in [0.3, 0.4) is 0 Å². The number of nitrogens with one attached hydrogen (secondary N) is 3. The molecular formula is C26H31N7O2. The second-order valence-electron chi connectivity index (χ2n) is 8.77. The number of nitrogens with two attached hydrogens (primary N) is 1. The molecule has 4 aromatic rings. The maximum absolute atomic E-state index is 12.3. The predicted octanol–water partition coefficient (Wildman–Crippen LogP) is 3.53. The van der Waals surface area contributed by atoms with E-state index in [1.54, 1.807) is 12.4 Å². The van der Waals surface area contributed by atoms with Gasteiger partial charge in [0.2, 0.25) is 0 Å². The molecule has 0 spiro atoms. The molecule has 0 saturated carbocycles. The highest BCUT2D eigenvalue weighted by molar-refractivity contribution is 6.06. The Morgan fingerprint density at radius 1 is 1.20 bits per heavy atom. The molecule has 0 fully saturated rings. The van der Waals surface area contributed by atoms with Crippen molar-refractivity contribution in [2.45, 2.75) is 39.8 Å². The standard InChI is InChI=1S/C26H31N7O2/c1-4-18-17(12-29-21(14-34)15(2)3)6-5-7-20(18)31-22-19(24(27)35)13-30-26-23(22)32-25(33-26)16-8-10-28-11-9-16/h5-11,13,15,21,29,34H,4,12,14H2,1-3H3,(H2,27,35)(H2,30,31,32,33). The Balaban J connectivity index is 1.75. The van der Waals surface area contributed by atoms with Crippen molar-refractivity contribution in [1.29, 1.82) is 0 Å². The van der Waals surface area contributed by atoms with Crippen LogP contribution >= 0.6 is 0 Å². The number of benzene rings is 1. The normalized spacial score (nSPS) is 12.3. The van der Waals surface area contributed by atoms with Gasteiger partial charge in [0.25, 0.3) is 5.91 Å². The van der Waals surface area contributed by atoms with Crippen LogP contribution in [0.4, 0.5) is 11.4 Å². The topological polar surface area (TPSA) is 142 Å². The monoisotopic (exact) mass is 473 g/mol. The number of aliphatic hydroxyl groups is 1. The smallest absolute Gasteiger partial charge is 0.252 e. The molecule has 9 heteroatoms. The molecule has 0 aliphatic carbocycles. The minimum atomic E-state index is -0.589. The molecule has 1 amide bonds. The molecule has 3 heterocycles. The summed E-state index contributed by atoms with van der Waals surface area (Å²) in [6, 6.07) is 9.72. The van der Waals surface area contributed by atoms with Crippen LogP contribution in [-0.4, -0.2) is 43.6 Å². The molecule has 4 rings (SSSR count). The summed E-state index contributed by atoms with van der Waals surface area (Å²) >= 11 is 0. The number of aliphatic hydroxyl groups excluding tert-OH is 1. The summed E-state index contributed by atoms with van der Waals surface area (Å²) in [6.45, 7) is 6.94. The van der Waals surface area contributed by atoms with Crippen molar-refractivity contribution in [3.05, 3.63) is 65.6 Å². The first kappa shape index (κ1) is 24.3. The Kier molecular flexibility index (Phi) is 7.38. The number of aromatic amines is 1. The second-order valence-corrected chi connectivity index (χ2v) is 8.77. The van der Waals surface area contributed by atoms with Crippen molar-refractivity contribution in [2.75, 3.05) is 11.9 Å². The number of carbonyl (C=O) groups is 1. The quantitative estimate of drug-likeness (QED) is 0.237. The van der Waals surface area contributed by atoms with E-state index in [9.17, 15) is 9.90 Å². The SMILES string of the molecule is CCc1c(CNC(CO)C(C)C)cccc1Nc1c(C(N)=O)cnc2[nH]c(-c3ccncc3)nc12. The Bertz CT molecular complexity index is 1320. The Morgan fingerprint density at radius 3 is 2.63 bits per heavy atom. The van der Waals surface area contributed by atoms with Gasteiger partial charge in [-0.05, 0) is 41.7 Å². The molecule has 1 aromatic carbocycles. The third-order valence-electron chi connectivity index (χ3n) is 6.18. The van der Waals surface area contributed by atoms with E-state index in [4.69, 9.17) is 10.7 Å². The number of primary amides is 1. The lowest BCUT2D eigenvalue weighted by Crippen LogP contribution is -2.36. The van der Waals surface area contributed by atoms with E-state index >= 15 is 0 Å². The van der Waals surface area contributed by atoms with Crippen LogP contribution in [0, 0.1) is 5.92 Å².